The molecule has 1 aliphatic heterocycles. The molecule has 1 saturated heterocycles. The summed E-state index contributed by atoms with van der Waals surface area (Å²) >= 11 is 0. The predicted octanol–water partition coefficient (Wildman–Crippen LogP) is 2.40. The molecule has 4 nitrogen and oxygen atoms in total. The first-order valence-corrected chi connectivity index (χ1v) is 8.48. The Balaban J connectivity index is 0.00000242. The fraction of sp³-hybridized carbons (Fsp3) is 0.571. The molecule has 0 amide bonds. The van der Waals surface area contributed by atoms with Crippen LogP contribution >= 0.6 is 12.4 Å². The van der Waals surface area contributed by atoms with Gasteiger partial charge in [0, 0.05) is 19.2 Å². The van der Waals surface area contributed by atoms with Crippen LogP contribution in [0.3, 0.4) is 0 Å². The molecule has 0 bridgehead atoms. The number of hydrogen-bond acceptors (Lipinski definition) is 3. The lowest BCUT2D eigenvalue weighted by Gasteiger charge is -2.31. The number of benzene rings is 1. The van der Waals surface area contributed by atoms with Gasteiger partial charge in [-0.05, 0) is 50.9 Å². The van der Waals surface area contributed by atoms with Crippen LogP contribution in [0.15, 0.2) is 23.1 Å². The van der Waals surface area contributed by atoms with Crippen molar-refractivity contribution in [1.82, 2.24) is 9.62 Å². The van der Waals surface area contributed by atoms with Gasteiger partial charge in [-0.3, -0.25) is 0 Å². The van der Waals surface area contributed by atoms with Crippen LogP contribution in [0.2, 0.25) is 0 Å². The number of sulfonamides is 1. The molecule has 1 fully saturated rings. The highest BCUT2D eigenvalue weighted by atomic mass is 35.5. The molecule has 0 aromatic heterocycles. The second-order valence-electron chi connectivity index (χ2n) is 5.34. The molecule has 22 heavy (non-hydrogen) atoms. The number of hydrogen-bond donors (Lipinski definition) is 1. The monoisotopic (exact) mass is 354 g/mol. The van der Waals surface area contributed by atoms with Gasteiger partial charge in [-0.25, -0.2) is 17.2 Å². The molecule has 0 radical (unpaired) electrons. The topological polar surface area (TPSA) is 49.4 Å². The Kier molecular flexibility index (Phi) is 7.18. The van der Waals surface area contributed by atoms with Gasteiger partial charge in [0.15, 0.2) is 0 Å². The number of piperidine rings is 1. The van der Waals surface area contributed by atoms with E-state index in [1.807, 2.05) is 7.05 Å². The highest BCUT2D eigenvalue weighted by Gasteiger charge is 2.29. The summed E-state index contributed by atoms with van der Waals surface area (Å²) < 4.78 is 52.5. The Morgan fingerprint density at radius 1 is 1.18 bits per heavy atom. The summed E-state index contributed by atoms with van der Waals surface area (Å²) in [5.74, 6) is -1.26. The van der Waals surface area contributed by atoms with Crippen LogP contribution in [-0.2, 0) is 10.0 Å². The Bertz CT molecular complexity index is 570. The van der Waals surface area contributed by atoms with E-state index in [9.17, 15) is 17.2 Å². The van der Waals surface area contributed by atoms with Gasteiger partial charge >= 0.3 is 0 Å². The molecule has 0 atom stereocenters. The van der Waals surface area contributed by atoms with Crippen LogP contribution in [0, 0.1) is 17.6 Å². The van der Waals surface area contributed by atoms with Crippen molar-refractivity contribution in [2.24, 2.45) is 5.92 Å². The fourth-order valence-electron chi connectivity index (χ4n) is 2.61. The normalized spacial score (nSPS) is 17.2. The lowest BCUT2D eigenvalue weighted by Crippen LogP contribution is -2.39. The van der Waals surface area contributed by atoms with Crippen molar-refractivity contribution in [3.05, 3.63) is 29.8 Å². The van der Waals surface area contributed by atoms with Gasteiger partial charge in [0.05, 0.1) is 4.90 Å². The quantitative estimate of drug-likeness (QED) is 0.883. The van der Waals surface area contributed by atoms with Gasteiger partial charge in [-0.15, -0.1) is 12.4 Å². The minimum absolute atomic E-state index is 0. The van der Waals surface area contributed by atoms with Crippen LogP contribution in [0.25, 0.3) is 0 Å². The molecule has 1 aromatic rings. The van der Waals surface area contributed by atoms with E-state index < -0.39 is 21.7 Å². The lowest BCUT2D eigenvalue weighted by atomic mass is 9.95. The molecule has 126 valence electrons. The first-order valence-electron chi connectivity index (χ1n) is 7.04. The molecule has 0 unspecified atom stereocenters. The minimum Gasteiger partial charge on any atom is -0.320 e. The van der Waals surface area contributed by atoms with Gasteiger partial charge in [-0.1, -0.05) is 0 Å². The van der Waals surface area contributed by atoms with Crippen molar-refractivity contribution < 1.29 is 17.2 Å². The second-order valence-corrected chi connectivity index (χ2v) is 7.28. The van der Waals surface area contributed by atoms with Crippen molar-refractivity contribution in [2.75, 3.05) is 26.7 Å². The summed E-state index contributed by atoms with van der Waals surface area (Å²) in [7, 11) is -1.93. The Morgan fingerprint density at radius 3 is 2.23 bits per heavy atom. The van der Waals surface area contributed by atoms with E-state index in [4.69, 9.17) is 0 Å². The van der Waals surface area contributed by atoms with Gasteiger partial charge in [-0.2, -0.15) is 4.31 Å². The third-order valence-electron chi connectivity index (χ3n) is 3.85. The van der Waals surface area contributed by atoms with E-state index in [-0.39, 0.29) is 17.3 Å². The summed E-state index contributed by atoms with van der Waals surface area (Å²) in [5, 5.41) is 3.08. The molecular weight excluding hydrogens is 334 g/mol. The van der Waals surface area contributed by atoms with Crippen LogP contribution < -0.4 is 5.32 Å². The second kappa shape index (κ2) is 8.19. The van der Waals surface area contributed by atoms with E-state index in [2.05, 4.69) is 5.32 Å². The average molecular weight is 355 g/mol. The van der Waals surface area contributed by atoms with Crippen molar-refractivity contribution in [2.45, 2.75) is 24.2 Å². The van der Waals surface area contributed by atoms with Crippen molar-refractivity contribution in [3.63, 3.8) is 0 Å². The average Bonchev–Trinajstić information content (AvgIpc) is 2.44. The van der Waals surface area contributed by atoms with Crippen LogP contribution in [0.4, 0.5) is 8.78 Å². The molecule has 1 aromatic carbocycles. The summed E-state index contributed by atoms with van der Waals surface area (Å²) in [6, 6.07) is 2.40. The van der Waals surface area contributed by atoms with E-state index in [0.717, 1.165) is 37.9 Å². The van der Waals surface area contributed by atoms with Crippen LogP contribution in [0.1, 0.15) is 19.3 Å². The Hall–Kier alpha value is -0.760. The third kappa shape index (κ3) is 4.62. The maximum atomic E-state index is 13.2. The van der Waals surface area contributed by atoms with Gasteiger partial charge < -0.3 is 5.32 Å². The van der Waals surface area contributed by atoms with Gasteiger partial charge in [0.1, 0.15) is 11.6 Å². The predicted molar refractivity (Wildman–Crippen MR) is 83.6 cm³/mol. The maximum Gasteiger partial charge on any atom is 0.243 e. The molecule has 1 N–H and O–H groups in total. The van der Waals surface area contributed by atoms with Crippen molar-refractivity contribution >= 4 is 22.4 Å². The van der Waals surface area contributed by atoms with E-state index >= 15 is 0 Å². The van der Waals surface area contributed by atoms with Crippen LogP contribution in [0.5, 0.6) is 0 Å². The first kappa shape index (κ1) is 19.3. The summed E-state index contributed by atoms with van der Waals surface area (Å²) in [5.41, 5.74) is 0. The standard InChI is InChI=1S/C14H20F2N2O2S.ClH/c1-17-5-2-11-3-6-18(7-4-11)21(19,20)14-9-12(15)8-13(16)10-14;/h8-11,17H,2-7H2,1H3;1H. The molecule has 0 saturated carbocycles. The SMILES string of the molecule is CNCCC1CCN(S(=O)(=O)c2cc(F)cc(F)c2)CC1.Cl. The van der Waals surface area contributed by atoms with Crippen molar-refractivity contribution in [3.8, 4) is 0 Å². The molecular formula is C14H21ClF2N2O2S. The zero-order valence-electron chi connectivity index (χ0n) is 12.4. The molecule has 8 heteroatoms. The van der Waals surface area contributed by atoms with Gasteiger partial charge in [0.25, 0.3) is 0 Å². The summed E-state index contributed by atoms with van der Waals surface area (Å²) in [6.45, 7) is 1.70. The maximum absolute atomic E-state index is 13.2. The first-order chi connectivity index (χ1) is 9.93. The lowest BCUT2D eigenvalue weighted by molar-refractivity contribution is 0.263. The zero-order valence-corrected chi connectivity index (χ0v) is 14.0. The Labute approximate surface area is 136 Å². The van der Waals surface area contributed by atoms with E-state index in [0.29, 0.717) is 25.1 Å². The van der Waals surface area contributed by atoms with Crippen LogP contribution in [-0.4, -0.2) is 39.4 Å². The number of nitrogens with one attached hydrogen (secondary N) is 1. The zero-order chi connectivity index (χ0) is 15.5. The molecule has 0 spiro atoms. The smallest absolute Gasteiger partial charge is 0.243 e. The third-order valence-corrected chi connectivity index (χ3v) is 5.73. The number of nitrogens with zero attached hydrogens (tertiary/aromatic N) is 1. The summed E-state index contributed by atoms with van der Waals surface area (Å²) in [4.78, 5) is -0.311. The molecule has 1 heterocycles. The van der Waals surface area contributed by atoms with Crippen molar-refractivity contribution in [1.29, 1.82) is 0 Å². The highest BCUT2D eigenvalue weighted by Crippen LogP contribution is 2.26. The van der Waals surface area contributed by atoms with E-state index in [1.54, 1.807) is 0 Å². The molecule has 1 aliphatic rings. The highest BCUT2D eigenvalue weighted by molar-refractivity contribution is 7.89. The Morgan fingerprint density at radius 2 is 1.73 bits per heavy atom. The minimum atomic E-state index is -3.81. The number of rotatable bonds is 5. The summed E-state index contributed by atoms with van der Waals surface area (Å²) in [6.07, 6.45) is 2.57. The van der Waals surface area contributed by atoms with Gasteiger partial charge in [0.2, 0.25) is 10.0 Å². The fourth-order valence-corrected chi connectivity index (χ4v) is 4.13. The molecule has 2 rings (SSSR count). The number of halogens is 3. The largest absolute Gasteiger partial charge is 0.320 e. The molecule has 0 aliphatic carbocycles. The van der Waals surface area contributed by atoms with E-state index in [1.165, 1.54) is 4.31 Å².